The van der Waals surface area contributed by atoms with Crippen LogP contribution in [0.2, 0.25) is 0 Å². The second-order valence-corrected chi connectivity index (χ2v) is 8.30. The van der Waals surface area contributed by atoms with Crippen molar-refractivity contribution < 1.29 is 14.0 Å². The van der Waals surface area contributed by atoms with Crippen molar-refractivity contribution in [3.8, 4) is 0 Å². The van der Waals surface area contributed by atoms with Gasteiger partial charge >= 0.3 is 0 Å². The van der Waals surface area contributed by atoms with Crippen molar-refractivity contribution in [2.75, 3.05) is 26.2 Å². The molecule has 2 aromatic heterocycles. The Morgan fingerprint density at radius 1 is 1.32 bits per heavy atom. The molecular formula is C21H28N4O3. The molecule has 150 valence electrons. The van der Waals surface area contributed by atoms with E-state index in [0.29, 0.717) is 30.8 Å². The van der Waals surface area contributed by atoms with Gasteiger partial charge in [0.2, 0.25) is 5.91 Å². The topological polar surface area (TPSA) is 82.4 Å². The number of carbonyl (C=O) groups excluding carboxylic acids is 2. The van der Waals surface area contributed by atoms with Crippen LogP contribution in [-0.2, 0) is 11.2 Å². The number of carbonyl (C=O) groups is 2. The van der Waals surface area contributed by atoms with Crippen LogP contribution in [-0.4, -0.2) is 57.8 Å². The summed E-state index contributed by atoms with van der Waals surface area (Å²) >= 11 is 0. The molecule has 7 heteroatoms. The van der Waals surface area contributed by atoms with Crippen LogP contribution in [0.25, 0.3) is 0 Å². The Morgan fingerprint density at radius 2 is 2.18 bits per heavy atom. The van der Waals surface area contributed by atoms with Crippen LogP contribution in [0.4, 0.5) is 0 Å². The SMILES string of the molecule is Cc1cc(C(=O)N2CCCC3(CCC(=O)N(CCc4cnc[nH]4)C3)C2)c(C)o1. The summed E-state index contributed by atoms with van der Waals surface area (Å²) in [6.07, 6.45) is 7.71. The first-order chi connectivity index (χ1) is 13.5. The molecule has 1 unspecified atom stereocenters. The van der Waals surface area contributed by atoms with Gasteiger partial charge in [-0.15, -0.1) is 0 Å². The number of aromatic nitrogens is 2. The molecule has 2 fully saturated rings. The third-order valence-electron chi connectivity index (χ3n) is 6.17. The normalized spacial score (nSPS) is 22.9. The molecule has 2 amide bonds. The number of furan rings is 1. The summed E-state index contributed by atoms with van der Waals surface area (Å²) in [5.41, 5.74) is 1.71. The summed E-state index contributed by atoms with van der Waals surface area (Å²) in [6, 6.07) is 1.83. The molecule has 0 aliphatic carbocycles. The number of nitrogens with one attached hydrogen (secondary N) is 1. The quantitative estimate of drug-likeness (QED) is 0.879. The Hall–Kier alpha value is -2.57. The third-order valence-corrected chi connectivity index (χ3v) is 6.17. The minimum absolute atomic E-state index is 0.00247. The number of likely N-dealkylation sites (tertiary alicyclic amines) is 2. The number of nitrogens with zero attached hydrogens (tertiary/aromatic N) is 3. The van der Waals surface area contributed by atoms with E-state index < -0.39 is 0 Å². The zero-order chi connectivity index (χ0) is 19.7. The largest absolute Gasteiger partial charge is 0.466 e. The smallest absolute Gasteiger partial charge is 0.257 e. The summed E-state index contributed by atoms with van der Waals surface area (Å²) < 4.78 is 5.55. The minimum atomic E-state index is 0.00247. The molecule has 4 rings (SSSR count). The molecule has 7 nitrogen and oxygen atoms in total. The molecule has 0 aromatic carbocycles. The zero-order valence-corrected chi connectivity index (χ0v) is 16.7. The van der Waals surface area contributed by atoms with Gasteiger partial charge in [-0.3, -0.25) is 9.59 Å². The molecule has 28 heavy (non-hydrogen) atoms. The van der Waals surface area contributed by atoms with Crippen molar-refractivity contribution in [1.29, 1.82) is 0 Å². The fourth-order valence-electron chi connectivity index (χ4n) is 4.71. The summed E-state index contributed by atoms with van der Waals surface area (Å²) in [6.45, 7) is 6.61. The number of aryl methyl sites for hydroxylation is 2. The van der Waals surface area contributed by atoms with E-state index >= 15 is 0 Å². The Morgan fingerprint density at radius 3 is 2.89 bits per heavy atom. The fraction of sp³-hybridized carbons (Fsp3) is 0.571. The van der Waals surface area contributed by atoms with Gasteiger partial charge < -0.3 is 19.2 Å². The molecular weight excluding hydrogens is 356 g/mol. The molecule has 1 spiro atoms. The van der Waals surface area contributed by atoms with Crippen molar-refractivity contribution in [1.82, 2.24) is 19.8 Å². The minimum Gasteiger partial charge on any atom is -0.466 e. The third kappa shape index (κ3) is 3.70. The van der Waals surface area contributed by atoms with Gasteiger partial charge in [0.05, 0.1) is 11.9 Å². The highest BCUT2D eigenvalue weighted by molar-refractivity contribution is 5.95. The second kappa shape index (κ2) is 7.45. The van der Waals surface area contributed by atoms with Gasteiger partial charge in [-0.25, -0.2) is 4.98 Å². The molecule has 1 atom stereocenters. The maximum Gasteiger partial charge on any atom is 0.257 e. The van der Waals surface area contributed by atoms with E-state index in [9.17, 15) is 9.59 Å². The zero-order valence-electron chi connectivity index (χ0n) is 16.7. The molecule has 4 heterocycles. The first kappa shape index (κ1) is 18.8. The van der Waals surface area contributed by atoms with E-state index in [1.165, 1.54) is 0 Å². The lowest BCUT2D eigenvalue weighted by atomic mass is 9.73. The predicted molar refractivity (Wildman–Crippen MR) is 104 cm³/mol. The number of imidazole rings is 1. The second-order valence-electron chi connectivity index (χ2n) is 8.30. The Kier molecular flexibility index (Phi) is 5.00. The lowest BCUT2D eigenvalue weighted by molar-refractivity contribution is -0.138. The molecule has 2 aromatic rings. The predicted octanol–water partition coefficient (Wildman–Crippen LogP) is 2.71. The van der Waals surface area contributed by atoms with E-state index in [4.69, 9.17) is 4.42 Å². The van der Waals surface area contributed by atoms with E-state index in [1.54, 1.807) is 12.5 Å². The monoisotopic (exact) mass is 384 g/mol. The average molecular weight is 384 g/mol. The highest BCUT2D eigenvalue weighted by Crippen LogP contribution is 2.39. The summed E-state index contributed by atoms with van der Waals surface area (Å²) in [7, 11) is 0. The summed E-state index contributed by atoms with van der Waals surface area (Å²) in [5.74, 6) is 1.71. The molecule has 0 saturated carbocycles. The molecule has 2 aliphatic rings. The van der Waals surface area contributed by atoms with Crippen LogP contribution in [0.1, 0.15) is 53.3 Å². The van der Waals surface area contributed by atoms with E-state index in [1.807, 2.05) is 29.7 Å². The van der Waals surface area contributed by atoms with Gasteiger partial charge in [0.1, 0.15) is 11.5 Å². The molecule has 0 radical (unpaired) electrons. The van der Waals surface area contributed by atoms with Crippen LogP contribution >= 0.6 is 0 Å². The van der Waals surface area contributed by atoms with Crippen molar-refractivity contribution >= 4 is 11.8 Å². The number of hydrogen-bond acceptors (Lipinski definition) is 4. The molecule has 0 bridgehead atoms. The van der Waals surface area contributed by atoms with E-state index in [-0.39, 0.29) is 17.2 Å². The maximum absolute atomic E-state index is 13.1. The first-order valence-corrected chi connectivity index (χ1v) is 10.1. The summed E-state index contributed by atoms with van der Waals surface area (Å²) in [4.78, 5) is 36.6. The lowest BCUT2D eigenvalue weighted by Gasteiger charge is -2.48. The van der Waals surface area contributed by atoms with E-state index in [0.717, 1.165) is 50.2 Å². The number of hydrogen-bond donors (Lipinski definition) is 1. The van der Waals surface area contributed by atoms with Crippen LogP contribution in [0, 0.1) is 19.3 Å². The number of H-pyrrole nitrogens is 1. The molecule has 1 N–H and O–H groups in total. The highest BCUT2D eigenvalue weighted by Gasteiger charge is 2.43. The van der Waals surface area contributed by atoms with Gasteiger partial charge in [0, 0.05) is 56.3 Å². The van der Waals surface area contributed by atoms with Gasteiger partial charge in [0.15, 0.2) is 0 Å². The van der Waals surface area contributed by atoms with Crippen LogP contribution in [0.5, 0.6) is 0 Å². The van der Waals surface area contributed by atoms with Crippen LogP contribution < -0.4 is 0 Å². The first-order valence-electron chi connectivity index (χ1n) is 10.1. The van der Waals surface area contributed by atoms with Gasteiger partial charge in [0.25, 0.3) is 5.91 Å². The Labute approximate surface area is 165 Å². The van der Waals surface area contributed by atoms with Crippen molar-refractivity contribution in [2.45, 2.75) is 46.0 Å². The average Bonchev–Trinajstić information content (AvgIpc) is 3.31. The van der Waals surface area contributed by atoms with Crippen LogP contribution in [0.15, 0.2) is 23.0 Å². The van der Waals surface area contributed by atoms with Gasteiger partial charge in [-0.05, 0) is 39.2 Å². The maximum atomic E-state index is 13.1. The Balaban J connectivity index is 1.45. The highest BCUT2D eigenvalue weighted by atomic mass is 16.3. The van der Waals surface area contributed by atoms with Crippen molar-refractivity contribution in [3.63, 3.8) is 0 Å². The summed E-state index contributed by atoms with van der Waals surface area (Å²) in [5, 5.41) is 0. The van der Waals surface area contributed by atoms with Crippen molar-refractivity contribution in [3.05, 3.63) is 41.4 Å². The number of piperidine rings is 2. The number of rotatable bonds is 4. The number of amides is 2. The van der Waals surface area contributed by atoms with E-state index in [2.05, 4.69) is 9.97 Å². The standard InChI is InChI=1S/C21H28N4O3/c1-15-10-18(16(2)28-15)20(27)25-8-3-6-21(13-25)7-4-19(26)24(12-21)9-5-17-11-22-14-23-17/h10-11,14H,3-9,12-13H2,1-2H3,(H,22,23). The number of aromatic amines is 1. The molecule has 2 aliphatic heterocycles. The lowest BCUT2D eigenvalue weighted by Crippen LogP contribution is -2.55. The van der Waals surface area contributed by atoms with Gasteiger partial charge in [-0.2, -0.15) is 0 Å². The Bertz CT molecular complexity index is 857. The molecule has 2 saturated heterocycles. The fourth-order valence-corrected chi connectivity index (χ4v) is 4.71. The van der Waals surface area contributed by atoms with Crippen LogP contribution in [0.3, 0.4) is 0 Å². The van der Waals surface area contributed by atoms with Gasteiger partial charge in [-0.1, -0.05) is 0 Å². The van der Waals surface area contributed by atoms with Crippen molar-refractivity contribution in [2.24, 2.45) is 5.41 Å².